The van der Waals surface area contributed by atoms with Crippen LogP contribution in [-0.2, 0) is 6.54 Å². The van der Waals surface area contributed by atoms with E-state index in [9.17, 15) is 0 Å². The van der Waals surface area contributed by atoms with Crippen LogP contribution >= 0.6 is 0 Å². The Bertz CT molecular complexity index is 526. The van der Waals surface area contributed by atoms with Crippen LogP contribution in [-0.4, -0.2) is 33.0 Å². The van der Waals surface area contributed by atoms with Crippen molar-refractivity contribution in [3.8, 4) is 5.69 Å². The first-order valence-corrected chi connectivity index (χ1v) is 7.03. The molecular weight excluding hydrogens is 236 g/mol. The molecule has 1 saturated heterocycles. The highest BCUT2D eigenvalue weighted by atomic mass is 15.4. The van der Waals surface area contributed by atoms with Gasteiger partial charge in [0.25, 0.3) is 0 Å². The molecule has 0 unspecified atom stereocenters. The summed E-state index contributed by atoms with van der Waals surface area (Å²) in [7, 11) is 0. The summed E-state index contributed by atoms with van der Waals surface area (Å²) in [5, 5.41) is 8.65. The molecule has 0 N–H and O–H groups in total. The molecule has 0 bridgehead atoms. The fourth-order valence-electron chi connectivity index (χ4n) is 2.65. The Morgan fingerprint density at radius 2 is 1.79 bits per heavy atom. The number of hydrogen-bond donors (Lipinski definition) is 0. The van der Waals surface area contributed by atoms with Crippen LogP contribution in [0.5, 0.6) is 0 Å². The lowest BCUT2D eigenvalue weighted by molar-refractivity contribution is 0.218. The van der Waals surface area contributed by atoms with Gasteiger partial charge >= 0.3 is 0 Å². The van der Waals surface area contributed by atoms with E-state index in [1.807, 2.05) is 22.9 Å². The Kier molecular flexibility index (Phi) is 3.60. The summed E-state index contributed by atoms with van der Waals surface area (Å²) in [5.74, 6) is 0. The van der Waals surface area contributed by atoms with Crippen molar-refractivity contribution < 1.29 is 0 Å². The molecule has 0 spiro atoms. The van der Waals surface area contributed by atoms with Gasteiger partial charge in [0.05, 0.1) is 11.4 Å². The average molecular weight is 256 g/mol. The fraction of sp³-hybridized carbons (Fsp3) is 0.467. The standard InChI is InChI=1S/C15H20N4/c1-13-15(12-18-10-6-3-7-11-18)16-17-19(13)14-8-4-2-5-9-14/h2,4-5,8-9H,3,6-7,10-12H2,1H3. The smallest absolute Gasteiger partial charge is 0.100 e. The lowest BCUT2D eigenvalue weighted by Gasteiger charge is -2.25. The number of benzene rings is 1. The third-order valence-corrected chi connectivity index (χ3v) is 3.81. The monoisotopic (exact) mass is 256 g/mol. The zero-order valence-electron chi connectivity index (χ0n) is 11.4. The second kappa shape index (κ2) is 5.53. The van der Waals surface area contributed by atoms with Gasteiger partial charge in [0.1, 0.15) is 5.69 Å². The summed E-state index contributed by atoms with van der Waals surface area (Å²) in [5.41, 5.74) is 3.33. The van der Waals surface area contributed by atoms with Gasteiger partial charge in [-0.2, -0.15) is 0 Å². The van der Waals surface area contributed by atoms with E-state index in [-0.39, 0.29) is 0 Å². The van der Waals surface area contributed by atoms with Crippen LogP contribution in [0.2, 0.25) is 0 Å². The van der Waals surface area contributed by atoms with Crippen LogP contribution < -0.4 is 0 Å². The Morgan fingerprint density at radius 3 is 2.53 bits per heavy atom. The van der Waals surface area contributed by atoms with Crippen molar-refractivity contribution in [2.75, 3.05) is 13.1 Å². The lowest BCUT2D eigenvalue weighted by Crippen LogP contribution is -2.29. The highest BCUT2D eigenvalue weighted by molar-refractivity contribution is 5.32. The molecule has 1 aliphatic heterocycles. The molecular formula is C15H20N4. The molecule has 0 atom stereocenters. The molecule has 0 aliphatic carbocycles. The molecule has 3 rings (SSSR count). The van der Waals surface area contributed by atoms with Gasteiger partial charge in [0.15, 0.2) is 0 Å². The molecule has 100 valence electrons. The van der Waals surface area contributed by atoms with E-state index >= 15 is 0 Å². The van der Waals surface area contributed by atoms with E-state index in [1.54, 1.807) is 0 Å². The molecule has 0 radical (unpaired) electrons. The Hall–Kier alpha value is -1.68. The molecule has 0 amide bonds. The van der Waals surface area contributed by atoms with Gasteiger partial charge in [-0.05, 0) is 45.0 Å². The normalized spacial score (nSPS) is 16.7. The van der Waals surface area contributed by atoms with Gasteiger partial charge in [-0.3, -0.25) is 4.90 Å². The first kappa shape index (κ1) is 12.4. The minimum atomic E-state index is 0.929. The van der Waals surface area contributed by atoms with Crippen LogP contribution in [0.4, 0.5) is 0 Å². The lowest BCUT2D eigenvalue weighted by atomic mass is 10.1. The molecule has 0 saturated carbocycles. The number of para-hydroxylation sites is 1. The summed E-state index contributed by atoms with van der Waals surface area (Å²) < 4.78 is 1.93. The maximum Gasteiger partial charge on any atom is 0.100 e. The first-order chi connectivity index (χ1) is 9.34. The van der Waals surface area contributed by atoms with Crippen molar-refractivity contribution in [2.45, 2.75) is 32.7 Å². The fourth-order valence-corrected chi connectivity index (χ4v) is 2.65. The molecule has 1 aliphatic rings. The Morgan fingerprint density at radius 1 is 1.05 bits per heavy atom. The molecule has 2 heterocycles. The zero-order chi connectivity index (χ0) is 13.1. The number of rotatable bonds is 3. The van der Waals surface area contributed by atoms with Crippen molar-refractivity contribution in [2.24, 2.45) is 0 Å². The molecule has 1 aromatic heterocycles. The van der Waals surface area contributed by atoms with E-state index in [4.69, 9.17) is 0 Å². The Labute approximate surface area is 114 Å². The van der Waals surface area contributed by atoms with Crippen LogP contribution in [0.25, 0.3) is 5.69 Å². The van der Waals surface area contributed by atoms with Crippen molar-refractivity contribution >= 4 is 0 Å². The summed E-state index contributed by atoms with van der Waals surface area (Å²) in [6.07, 6.45) is 3.99. The van der Waals surface area contributed by atoms with Gasteiger partial charge in [0, 0.05) is 6.54 Å². The highest BCUT2D eigenvalue weighted by Crippen LogP contribution is 2.16. The van der Waals surface area contributed by atoms with Crippen LogP contribution in [0, 0.1) is 6.92 Å². The predicted molar refractivity (Wildman–Crippen MR) is 75.2 cm³/mol. The third-order valence-electron chi connectivity index (χ3n) is 3.81. The largest absolute Gasteiger partial charge is 0.297 e. The van der Waals surface area contributed by atoms with E-state index < -0.39 is 0 Å². The van der Waals surface area contributed by atoms with Gasteiger partial charge < -0.3 is 0 Å². The van der Waals surface area contributed by atoms with Gasteiger partial charge in [-0.1, -0.05) is 29.8 Å². The molecule has 4 heteroatoms. The second-order valence-corrected chi connectivity index (χ2v) is 5.21. The van der Waals surface area contributed by atoms with Crippen LogP contribution in [0.3, 0.4) is 0 Å². The van der Waals surface area contributed by atoms with E-state index in [0.29, 0.717) is 0 Å². The molecule has 19 heavy (non-hydrogen) atoms. The topological polar surface area (TPSA) is 34.0 Å². The summed E-state index contributed by atoms with van der Waals surface area (Å²) in [4.78, 5) is 2.48. The minimum Gasteiger partial charge on any atom is -0.297 e. The number of aromatic nitrogens is 3. The number of hydrogen-bond acceptors (Lipinski definition) is 3. The van der Waals surface area contributed by atoms with Crippen LogP contribution in [0.1, 0.15) is 30.7 Å². The molecule has 2 aromatic rings. The van der Waals surface area contributed by atoms with Crippen molar-refractivity contribution in [1.82, 2.24) is 19.9 Å². The minimum absolute atomic E-state index is 0.929. The Balaban J connectivity index is 1.79. The predicted octanol–water partition coefficient (Wildman–Crippen LogP) is 2.56. The maximum absolute atomic E-state index is 4.36. The van der Waals surface area contributed by atoms with Gasteiger partial charge in [0.2, 0.25) is 0 Å². The number of nitrogens with zero attached hydrogens (tertiary/aromatic N) is 4. The number of likely N-dealkylation sites (tertiary alicyclic amines) is 1. The summed E-state index contributed by atoms with van der Waals surface area (Å²) >= 11 is 0. The van der Waals surface area contributed by atoms with Crippen molar-refractivity contribution in [3.05, 3.63) is 41.7 Å². The average Bonchev–Trinajstić information content (AvgIpc) is 2.82. The number of piperidine rings is 1. The quantitative estimate of drug-likeness (QED) is 0.846. The van der Waals surface area contributed by atoms with E-state index in [2.05, 4.69) is 34.3 Å². The van der Waals surface area contributed by atoms with Gasteiger partial charge in [-0.25, -0.2) is 4.68 Å². The van der Waals surface area contributed by atoms with Gasteiger partial charge in [-0.15, -0.1) is 5.10 Å². The van der Waals surface area contributed by atoms with E-state index in [1.165, 1.54) is 32.4 Å². The van der Waals surface area contributed by atoms with Crippen molar-refractivity contribution in [3.63, 3.8) is 0 Å². The summed E-state index contributed by atoms with van der Waals surface area (Å²) in [6, 6.07) is 10.2. The van der Waals surface area contributed by atoms with Crippen molar-refractivity contribution in [1.29, 1.82) is 0 Å². The maximum atomic E-state index is 4.36. The highest BCUT2D eigenvalue weighted by Gasteiger charge is 2.15. The van der Waals surface area contributed by atoms with Crippen LogP contribution in [0.15, 0.2) is 30.3 Å². The second-order valence-electron chi connectivity index (χ2n) is 5.21. The zero-order valence-corrected chi connectivity index (χ0v) is 11.4. The SMILES string of the molecule is Cc1c(CN2CCCCC2)nnn1-c1ccccc1. The molecule has 1 fully saturated rings. The summed E-state index contributed by atoms with van der Waals surface area (Å²) in [6.45, 7) is 5.42. The third kappa shape index (κ3) is 2.68. The van der Waals surface area contributed by atoms with E-state index in [0.717, 1.165) is 23.6 Å². The molecule has 1 aromatic carbocycles. The molecule has 4 nitrogen and oxygen atoms in total. The first-order valence-electron chi connectivity index (χ1n) is 7.03.